The molecule has 4 heterocycles. The van der Waals surface area contributed by atoms with E-state index >= 15 is 0 Å². The fourth-order valence-corrected chi connectivity index (χ4v) is 7.14. The zero-order valence-corrected chi connectivity index (χ0v) is 27.1. The minimum Gasteiger partial charge on any atom is -0.505 e. The maximum absolute atomic E-state index is 13.8. The summed E-state index contributed by atoms with van der Waals surface area (Å²) in [5, 5.41) is 20.7. The number of aliphatic hydroxyl groups is 1. The molecule has 0 radical (unpaired) electrons. The molecular formula is C34H33N5O4S2. The van der Waals surface area contributed by atoms with Crippen molar-refractivity contribution < 1.29 is 19.4 Å². The summed E-state index contributed by atoms with van der Waals surface area (Å²) in [6, 6.07) is 18.4. The minimum absolute atomic E-state index is 0.0566. The van der Waals surface area contributed by atoms with E-state index in [9.17, 15) is 14.7 Å². The van der Waals surface area contributed by atoms with Gasteiger partial charge in [0.05, 0.1) is 23.9 Å². The number of unbranched alkanes of at least 4 members (excludes halogenated alkanes) is 1. The molecule has 1 saturated heterocycles. The van der Waals surface area contributed by atoms with Gasteiger partial charge in [-0.3, -0.25) is 14.5 Å². The Morgan fingerprint density at radius 2 is 1.84 bits per heavy atom. The fraction of sp³-hybridized carbons (Fsp3) is 0.265. The molecule has 1 aliphatic heterocycles. The number of aromatic nitrogens is 4. The molecule has 1 fully saturated rings. The number of imidazole rings is 1. The third-order valence-corrected chi connectivity index (χ3v) is 9.91. The Kier molecular flexibility index (Phi) is 8.73. The Labute approximate surface area is 269 Å². The summed E-state index contributed by atoms with van der Waals surface area (Å²) in [5.41, 5.74) is 5.34. The first kappa shape index (κ1) is 30.5. The molecule has 11 heteroatoms. The third kappa shape index (κ3) is 5.97. The molecule has 5 aromatic rings. The average Bonchev–Trinajstić information content (AvgIpc) is 3.72. The highest BCUT2D eigenvalue weighted by Gasteiger charge is 2.49. The lowest BCUT2D eigenvalue weighted by atomic mass is 9.96. The molecule has 0 saturated carbocycles. The number of ether oxygens (including phenoxy) is 1. The maximum Gasteiger partial charge on any atom is 0.301 e. The number of hydrogen-bond acceptors (Lipinski definition) is 9. The van der Waals surface area contributed by atoms with Gasteiger partial charge in [0.15, 0.2) is 10.1 Å². The Hall–Kier alpha value is -4.48. The number of carbonyl (C=O) groups is 2. The Bertz CT molecular complexity index is 1930. The largest absolute Gasteiger partial charge is 0.505 e. The van der Waals surface area contributed by atoms with Crippen LogP contribution in [-0.4, -0.2) is 43.0 Å². The first-order valence-corrected chi connectivity index (χ1v) is 16.6. The van der Waals surface area contributed by atoms with E-state index in [0.717, 1.165) is 24.0 Å². The van der Waals surface area contributed by atoms with Crippen LogP contribution < -0.4 is 9.64 Å². The van der Waals surface area contributed by atoms with E-state index in [4.69, 9.17) is 9.72 Å². The summed E-state index contributed by atoms with van der Waals surface area (Å²) in [6.07, 6.45) is 3.73. The lowest BCUT2D eigenvalue weighted by Gasteiger charge is -2.23. The number of Topliss-reactive ketones (excluding diaryl/α,β-unsaturated/α-hetero) is 1. The van der Waals surface area contributed by atoms with E-state index in [1.807, 2.05) is 61.7 Å². The predicted molar refractivity (Wildman–Crippen MR) is 177 cm³/mol. The van der Waals surface area contributed by atoms with Gasteiger partial charge in [-0.2, -0.15) is 0 Å². The van der Waals surface area contributed by atoms with Gasteiger partial charge in [0.2, 0.25) is 5.13 Å². The van der Waals surface area contributed by atoms with Crippen LogP contribution >= 0.6 is 23.1 Å². The first-order chi connectivity index (χ1) is 21.8. The monoisotopic (exact) mass is 639 g/mol. The molecule has 230 valence electrons. The van der Waals surface area contributed by atoms with Gasteiger partial charge in [0.1, 0.15) is 17.1 Å². The molecule has 0 aliphatic carbocycles. The van der Waals surface area contributed by atoms with Gasteiger partial charge in [-0.05, 0) is 62.1 Å². The number of fused-ring (bicyclic) bond motifs is 1. The Balaban J connectivity index is 1.43. The number of thioether (sulfide) groups is 1. The van der Waals surface area contributed by atoms with Crippen LogP contribution in [0.2, 0.25) is 0 Å². The number of aliphatic hydroxyl groups excluding tert-OH is 1. The van der Waals surface area contributed by atoms with Crippen molar-refractivity contribution in [1.29, 1.82) is 0 Å². The number of hydrogen-bond donors (Lipinski definition) is 1. The predicted octanol–water partition coefficient (Wildman–Crippen LogP) is 7.21. The number of amides is 1. The van der Waals surface area contributed by atoms with E-state index < -0.39 is 17.7 Å². The molecule has 0 spiro atoms. The van der Waals surface area contributed by atoms with Gasteiger partial charge in [0.25, 0.3) is 5.78 Å². The summed E-state index contributed by atoms with van der Waals surface area (Å²) in [4.78, 5) is 33.6. The number of aryl methyl sites for hydroxylation is 3. The molecule has 1 aliphatic rings. The van der Waals surface area contributed by atoms with Crippen molar-refractivity contribution in [2.75, 3.05) is 11.5 Å². The summed E-state index contributed by atoms with van der Waals surface area (Å²) < 4.78 is 8.49. The molecule has 1 N–H and O–H groups in total. The topological polar surface area (TPSA) is 110 Å². The quantitative estimate of drug-likeness (QED) is 0.0426. The van der Waals surface area contributed by atoms with Crippen molar-refractivity contribution in [2.24, 2.45) is 0 Å². The number of nitrogens with zero attached hydrogens (tertiary/aromatic N) is 5. The Morgan fingerprint density at radius 3 is 2.60 bits per heavy atom. The van der Waals surface area contributed by atoms with Gasteiger partial charge in [0, 0.05) is 11.9 Å². The van der Waals surface area contributed by atoms with Crippen LogP contribution in [0.5, 0.6) is 5.75 Å². The van der Waals surface area contributed by atoms with E-state index in [1.165, 1.54) is 33.6 Å². The molecule has 2 aromatic carbocycles. The van der Waals surface area contributed by atoms with Gasteiger partial charge < -0.3 is 14.2 Å². The molecule has 9 nitrogen and oxygen atoms in total. The minimum atomic E-state index is -0.965. The SMILES string of the molecule is CCCCOc1cccc(C2C(=C(O)c3nc4c(C)cccn4c3C)C(=O)C(=O)N2c2nnc(SCc3ccc(C)cc3)s2)c1. The van der Waals surface area contributed by atoms with Crippen molar-refractivity contribution in [3.05, 3.63) is 106 Å². The summed E-state index contributed by atoms with van der Waals surface area (Å²) in [5.74, 6) is -0.648. The van der Waals surface area contributed by atoms with Crippen LogP contribution in [0.4, 0.5) is 5.13 Å². The summed E-state index contributed by atoms with van der Waals surface area (Å²) >= 11 is 2.74. The van der Waals surface area contributed by atoms with Crippen LogP contribution in [0.3, 0.4) is 0 Å². The van der Waals surface area contributed by atoms with Crippen molar-refractivity contribution in [2.45, 2.75) is 56.7 Å². The van der Waals surface area contributed by atoms with Crippen LogP contribution in [0.1, 0.15) is 59.4 Å². The molecular weight excluding hydrogens is 607 g/mol. The van der Waals surface area contributed by atoms with E-state index in [-0.39, 0.29) is 22.2 Å². The highest BCUT2D eigenvalue weighted by Crippen LogP contribution is 2.45. The van der Waals surface area contributed by atoms with Crippen molar-refractivity contribution >= 4 is 51.3 Å². The zero-order valence-electron chi connectivity index (χ0n) is 25.5. The van der Waals surface area contributed by atoms with Crippen molar-refractivity contribution in [3.8, 4) is 5.75 Å². The van der Waals surface area contributed by atoms with Crippen LogP contribution in [0.15, 0.2) is 76.8 Å². The van der Waals surface area contributed by atoms with E-state index in [2.05, 4.69) is 41.4 Å². The highest BCUT2D eigenvalue weighted by atomic mass is 32.2. The summed E-state index contributed by atoms with van der Waals surface area (Å²) in [6.45, 7) is 8.43. The first-order valence-electron chi connectivity index (χ1n) is 14.8. The Morgan fingerprint density at radius 1 is 1.04 bits per heavy atom. The zero-order chi connectivity index (χ0) is 31.7. The smallest absolute Gasteiger partial charge is 0.301 e. The van der Waals surface area contributed by atoms with Gasteiger partial charge >= 0.3 is 5.91 Å². The molecule has 1 amide bonds. The van der Waals surface area contributed by atoms with E-state index in [0.29, 0.717) is 39.4 Å². The molecule has 0 bridgehead atoms. The number of carbonyl (C=O) groups excluding carboxylic acids is 2. The lowest BCUT2D eigenvalue weighted by Crippen LogP contribution is -2.29. The molecule has 1 atom stereocenters. The second-order valence-corrected chi connectivity index (χ2v) is 13.2. The fourth-order valence-electron chi connectivity index (χ4n) is 5.32. The number of pyridine rings is 1. The number of rotatable bonds is 10. The van der Waals surface area contributed by atoms with Crippen LogP contribution in [-0.2, 0) is 15.3 Å². The summed E-state index contributed by atoms with van der Waals surface area (Å²) in [7, 11) is 0. The normalized spacial score (nSPS) is 16.2. The molecule has 6 rings (SSSR count). The van der Waals surface area contributed by atoms with Gasteiger partial charge in [-0.25, -0.2) is 4.98 Å². The number of benzene rings is 2. The third-order valence-electron chi connectivity index (χ3n) is 7.78. The lowest BCUT2D eigenvalue weighted by molar-refractivity contribution is -0.132. The number of ketones is 1. The van der Waals surface area contributed by atoms with Crippen molar-refractivity contribution in [3.63, 3.8) is 0 Å². The van der Waals surface area contributed by atoms with Gasteiger partial charge in [-0.1, -0.05) is 84.5 Å². The second kappa shape index (κ2) is 12.9. The highest BCUT2D eigenvalue weighted by molar-refractivity contribution is 8.00. The molecule has 1 unspecified atom stereocenters. The maximum atomic E-state index is 13.8. The molecule has 3 aromatic heterocycles. The van der Waals surface area contributed by atoms with Gasteiger partial charge in [-0.15, -0.1) is 10.2 Å². The average molecular weight is 640 g/mol. The van der Waals surface area contributed by atoms with Crippen LogP contribution in [0.25, 0.3) is 11.4 Å². The second-order valence-electron chi connectivity index (χ2n) is 11.0. The van der Waals surface area contributed by atoms with E-state index in [1.54, 1.807) is 6.07 Å². The number of anilines is 1. The van der Waals surface area contributed by atoms with Crippen LogP contribution in [0, 0.1) is 20.8 Å². The molecule has 45 heavy (non-hydrogen) atoms. The standard InChI is InChI=1S/C34H33N5O4S2/c1-5-6-17-43-25-11-7-10-24(18-25)28-26(29(40)27-22(4)38-16-8-9-21(3)31(38)35-27)30(41)32(42)39(28)33-36-37-34(45-33)44-19-23-14-12-20(2)13-15-23/h7-16,18,28,40H,5-6,17,19H2,1-4H3. The van der Waals surface area contributed by atoms with Crippen molar-refractivity contribution in [1.82, 2.24) is 19.6 Å².